The molecule has 2 aromatic carbocycles. The highest BCUT2D eigenvalue weighted by atomic mass is 16.6. The summed E-state index contributed by atoms with van der Waals surface area (Å²) >= 11 is 0. The molecule has 1 aliphatic heterocycles. The maximum absolute atomic E-state index is 13.8. The Morgan fingerprint density at radius 1 is 0.919 bits per heavy atom. The Bertz CT molecular complexity index is 1210. The minimum Gasteiger partial charge on any atom is -0.493 e. The molecule has 8 heteroatoms. The average Bonchev–Trinajstić information content (AvgIpc) is 2.91. The van der Waals surface area contributed by atoms with Crippen molar-refractivity contribution in [2.24, 2.45) is 0 Å². The first-order chi connectivity index (χ1) is 17.9. The lowest BCUT2D eigenvalue weighted by Gasteiger charge is -2.37. The van der Waals surface area contributed by atoms with Crippen LogP contribution in [0.3, 0.4) is 0 Å². The van der Waals surface area contributed by atoms with Crippen LogP contribution in [0.4, 0.5) is 0 Å². The molecule has 1 aliphatic carbocycles. The third-order valence-electron chi connectivity index (χ3n) is 6.86. The van der Waals surface area contributed by atoms with Gasteiger partial charge in [0.15, 0.2) is 17.3 Å². The Hall–Kier alpha value is -3.78. The first-order valence-electron chi connectivity index (χ1n) is 12.2. The summed E-state index contributed by atoms with van der Waals surface area (Å²) in [6.45, 7) is 2.20. The van der Waals surface area contributed by atoms with Crippen LogP contribution in [0.15, 0.2) is 65.0 Å². The number of ether oxygens (including phenoxy) is 5. The molecule has 0 spiro atoms. The van der Waals surface area contributed by atoms with Gasteiger partial charge in [0, 0.05) is 36.4 Å². The Kier molecular flexibility index (Phi) is 8.18. The molecule has 196 valence electrons. The van der Waals surface area contributed by atoms with Crippen LogP contribution in [-0.2, 0) is 19.1 Å². The van der Waals surface area contributed by atoms with Crippen molar-refractivity contribution >= 4 is 11.8 Å². The average molecular weight is 508 g/mol. The van der Waals surface area contributed by atoms with Crippen LogP contribution in [0, 0.1) is 0 Å². The lowest BCUT2D eigenvalue weighted by Crippen LogP contribution is -2.36. The molecule has 37 heavy (non-hydrogen) atoms. The molecule has 1 heterocycles. The Labute approximate surface area is 217 Å². The summed E-state index contributed by atoms with van der Waals surface area (Å²) in [6.07, 6.45) is 0.992. The molecule has 0 unspecified atom stereocenters. The molecule has 1 N–H and O–H groups in total. The van der Waals surface area contributed by atoms with Gasteiger partial charge in [-0.3, -0.25) is 4.79 Å². The molecule has 8 nitrogen and oxygen atoms in total. The van der Waals surface area contributed by atoms with Crippen molar-refractivity contribution in [3.8, 4) is 17.2 Å². The van der Waals surface area contributed by atoms with Gasteiger partial charge in [-0.25, -0.2) is 4.79 Å². The van der Waals surface area contributed by atoms with E-state index in [4.69, 9.17) is 23.7 Å². The number of allylic oxidation sites excluding steroid dienone is 3. The normalized spacial score (nSPS) is 19.2. The quantitative estimate of drug-likeness (QED) is 0.398. The molecule has 2 atom stereocenters. The zero-order valence-electron chi connectivity index (χ0n) is 21.9. The number of hydrogen-bond acceptors (Lipinski definition) is 8. The predicted octanol–water partition coefficient (Wildman–Crippen LogP) is 4.26. The lowest BCUT2D eigenvalue weighted by molar-refractivity contribution is -0.140. The summed E-state index contributed by atoms with van der Waals surface area (Å²) in [6, 6.07) is 13.6. The fourth-order valence-corrected chi connectivity index (χ4v) is 5.17. The number of hydrogen-bond donors (Lipinski definition) is 1. The minimum atomic E-state index is -0.663. The van der Waals surface area contributed by atoms with E-state index in [-0.39, 0.29) is 24.9 Å². The summed E-state index contributed by atoms with van der Waals surface area (Å²) in [5.74, 6) is 0.162. The van der Waals surface area contributed by atoms with Crippen molar-refractivity contribution in [2.75, 3.05) is 41.7 Å². The summed E-state index contributed by atoms with van der Waals surface area (Å²) in [5, 5.41) is 3.37. The van der Waals surface area contributed by atoms with Gasteiger partial charge < -0.3 is 29.0 Å². The van der Waals surface area contributed by atoms with Crippen LogP contribution in [0.2, 0.25) is 0 Å². The lowest BCUT2D eigenvalue weighted by atomic mass is 9.71. The van der Waals surface area contributed by atoms with E-state index in [2.05, 4.69) is 5.32 Å². The SMILES string of the molecule is COCCOC(=O)C1=C(C)NC2=C(C(=O)C[C@H](c3ccccc3)C2)[C@H]1c1cc(OC)c(OC)c(OC)c1. The van der Waals surface area contributed by atoms with Crippen LogP contribution in [0.25, 0.3) is 0 Å². The molecule has 0 saturated heterocycles. The highest BCUT2D eigenvalue weighted by Gasteiger charge is 2.42. The third-order valence-corrected chi connectivity index (χ3v) is 6.86. The summed E-state index contributed by atoms with van der Waals surface area (Å²) in [7, 11) is 6.14. The van der Waals surface area contributed by atoms with Crippen LogP contribution in [0.1, 0.15) is 42.7 Å². The van der Waals surface area contributed by atoms with Gasteiger partial charge in [-0.05, 0) is 42.5 Å². The molecule has 0 aromatic heterocycles. The van der Waals surface area contributed by atoms with Gasteiger partial charge in [0.05, 0.1) is 33.5 Å². The molecule has 0 amide bonds. The molecular weight excluding hydrogens is 474 g/mol. The molecule has 4 rings (SSSR count). The molecule has 0 saturated carbocycles. The van der Waals surface area contributed by atoms with E-state index < -0.39 is 11.9 Å². The molecular formula is C29H33NO7. The zero-order chi connectivity index (χ0) is 26.5. The molecule has 2 aliphatic rings. The topological polar surface area (TPSA) is 92.3 Å². The molecule has 2 aromatic rings. The van der Waals surface area contributed by atoms with E-state index in [1.807, 2.05) is 37.3 Å². The number of rotatable bonds is 9. The van der Waals surface area contributed by atoms with Crippen molar-refractivity contribution < 1.29 is 33.3 Å². The second-order valence-electron chi connectivity index (χ2n) is 9.02. The summed E-state index contributed by atoms with van der Waals surface area (Å²) in [5.41, 5.74) is 4.17. The van der Waals surface area contributed by atoms with Gasteiger partial charge in [0.1, 0.15) is 6.61 Å². The van der Waals surface area contributed by atoms with E-state index >= 15 is 0 Å². The van der Waals surface area contributed by atoms with E-state index in [1.165, 1.54) is 21.3 Å². The Morgan fingerprint density at radius 2 is 1.59 bits per heavy atom. The van der Waals surface area contributed by atoms with Gasteiger partial charge in [0.2, 0.25) is 5.75 Å². The zero-order valence-corrected chi connectivity index (χ0v) is 21.9. The molecule has 0 bridgehead atoms. The monoisotopic (exact) mass is 507 g/mol. The Balaban J connectivity index is 1.85. The number of benzene rings is 2. The maximum Gasteiger partial charge on any atom is 0.336 e. The number of dihydropyridines is 1. The van der Waals surface area contributed by atoms with Crippen LogP contribution < -0.4 is 19.5 Å². The summed E-state index contributed by atoms with van der Waals surface area (Å²) < 4.78 is 27.2. The van der Waals surface area contributed by atoms with Crippen LogP contribution in [0.5, 0.6) is 17.2 Å². The third kappa shape index (κ3) is 5.20. The number of Topliss-reactive ketones (excluding diaryl/α,β-unsaturated/α-hetero) is 1. The van der Waals surface area contributed by atoms with Gasteiger partial charge in [-0.15, -0.1) is 0 Å². The van der Waals surface area contributed by atoms with Crippen molar-refractivity contribution in [1.29, 1.82) is 0 Å². The van der Waals surface area contributed by atoms with Crippen molar-refractivity contribution in [3.63, 3.8) is 0 Å². The van der Waals surface area contributed by atoms with Crippen molar-refractivity contribution in [1.82, 2.24) is 5.32 Å². The minimum absolute atomic E-state index is 0.0175. The fraction of sp³-hybridized carbons (Fsp3) is 0.379. The van der Waals surface area contributed by atoms with Crippen molar-refractivity contribution in [2.45, 2.75) is 31.6 Å². The number of nitrogens with one attached hydrogen (secondary N) is 1. The van der Waals surface area contributed by atoms with Gasteiger partial charge >= 0.3 is 5.97 Å². The standard InChI is InChI=1S/C29H33NO7/c1-17-25(29(32)37-12-11-33-2)26(20-15-23(34-3)28(36-5)24(16-20)35-4)27-21(30-17)13-19(14-22(27)31)18-9-7-6-8-10-18/h6-10,15-16,19,26,30H,11-14H2,1-5H3/t19-,26+/m1/s1. The second-order valence-corrected chi connectivity index (χ2v) is 9.02. The van der Waals surface area contributed by atoms with Gasteiger partial charge in [-0.2, -0.15) is 0 Å². The van der Waals surface area contributed by atoms with E-state index in [0.29, 0.717) is 52.5 Å². The van der Waals surface area contributed by atoms with Gasteiger partial charge in [-0.1, -0.05) is 30.3 Å². The maximum atomic E-state index is 13.8. The number of carbonyl (C=O) groups excluding carboxylic acids is 2. The molecule has 0 radical (unpaired) electrons. The van der Waals surface area contributed by atoms with E-state index in [1.54, 1.807) is 19.2 Å². The fourth-order valence-electron chi connectivity index (χ4n) is 5.17. The largest absolute Gasteiger partial charge is 0.493 e. The first-order valence-corrected chi connectivity index (χ1v) is 12.2. The first kappa shape index (κ1) is 26.3. The molecule has 0 fully saturated rings. The van der Waals surface area contributed by atoms with Gasteiger partial charge in [0.25, 0.3) is 0 Å². The van der Waals surface area contributed by atoms with Crippen LogP contribution >= 0.6 is 0 Å². The highest BCUT2D eigenvalue weighted by Crippen LogP contribution is 2.49. The predicted molar refractivity (Wildman–Crippen MR) is 138 cm³/mol. The highest BCUT2D eigenvalue weighted by molar-refractivity contribution is 6.04. The van der Waals surface area contributed by atoms with E-state index in [9.17, 15) is 9.59 Å². The van der Waals surface area contributed by atoms with Crippen LogP contribution in [-0.4, -0.2) is 53.4 Å². The number of carbonyl (C=O) groups is 2. The number of methoxy groups -OCH3 is 4. The Morgan fingerprint density at radius 3 is 2.19 bits per heavy atom. The summed E-state index contributed by atoms with van der Waals surface area (Å²) in [4.78, 5) is 27.2. The van der Waals surface area contributed by atoms with Crippen molar-refractivity contribution in [3.05, 3.63) is 76.1 Å². The number of esters is 1. The number of ketones is 1. The second kappa shape index (κ2) is 11.5. The van der Waals surface area contributed by atoms with E-state index in [0.717, 1.165) is 11.3 Å². The smallest absolute Gasteiger partial charge is 0.336 e.